The van der Waals surface area contributed by atoms with Crippen molar-refractivity contribution in [3.05, 3.63) is 52.1 Å². The average molecular weight is 299 g/mol. The maximum atomic E-state index is 10.8. The third-order valence-electron chi connectivity index (χ3n) is 3.01. The highest BCUT2D eigenvalue weighted by Gasteiger charge is 2.12. The number of nitro groups is 1. The number of non-ortho nitro benzene ring substituents is 1. The van der Waals surface area contributed by atoms with Crippen LogP contribution in [0.3, 0.4) is 0 Å². The van der Waals surface area contributed by atoms with E-state index in [1.165, 1.54) is 32.4 Å². The van der Waals surface area contributed by atoms with Crippen molar-refractivity contribution in [2.24, 2.45) is 0 Å². The summed E-state index contributed by atoms with van der Waals surface area (Å²) in [6, 6.07) is 11.1. The van der Waals surface area contributed by atoms with E-state index < -0.39 is 4.92 Å². The first kappa shape index (κ1) is 15.1. The summed E-state index contributed by atoms with van der Waals surface area (Å²) in [5, 5.41) is 23.0. The molecule has 0 aliphatic carbocycles. The van der Waals surface area contributed by atoms with E-state index in [2.05, 4.69) is 5.32 Å². The first-order valence-corrected chi connectivity index (χ1v) is 6.26. The fourth-order valence-electron chi connectivity index (χ4n) is 1.90. The van der Waals surface area contributed by atoms with Crippen molar-refractivity contribution in [1.82, 2.24) is 0 Å². The molecule has 2 aromatic carbocycles. The summed E-state index contributed by atoms with van der Waals surface area (Å²) in [7, 11) is 3.06. The van der Waals surface area contributed by atoms with Crippen LogP contribution in [0.15, 0.2) is 36.4 Å². The lowest BCUT2D eigenvalue weighted by atomic mass is 10.1. The normalized spacial score (nSPS) is 9.68. The Kier molecular flexibility index (Phi) is 4.44. The van der Waals surface area contributed by atoms with E-state index in [9.17, 15) is 10.1 Å². The highest BCUT2D eigenvalue weighted by molar-refractivity contribution is 5.73. The van der Waals surface area contributed by atoms with Crippen LogP contribution in [0.5, 0.6) is 11.5 Å². The molecule has 0 spiro atoms. The fourth-order valence-corrected chi connectivity index (χ4v) is 1.90. The number of nitriles is 1. The molecular weight excluding hydrogens is 286 g/mol. The van der Waals surface area contributed by atoms with Gasteiger partial charge in [-0.15, -0.1) is 0 Å². The first-order chi connectivity index (χ1) is 10.6. The highest BCUT2D eigenvalue weighted by atomic mass is 16.6. The smallest absolute Gasteiger partial charge is 0.270 e. The van der Waals surface area contributed by atoms with Gasteiger partial charge < -0.3 is 14.8 Å². The zero-order valence-corrected chi connectivity index (χ0v) is 12.0. The van der Waals surface area contributed by atoms with Crippen LogP contribution in [0.4, 0.5) is 17.1 Å². The Hall–Kier alpha value is -3.27. The molecule has 0 fully saturated rings. The van der Waals surface area contributed by atoms with Gasteiger partial charge in [-0.05, 0) is 18.2 Å². The highest BCUT2D eigenvalue weighted by Crippen LogP contribution is 2.33. The van der Waals surface area contributed by atoms with Crippen molar-refractivity contribution in [2.75, 3.05) is 19.5 Å². The molecule has 2 aromatic rings. The van der Waals surface area contributed by atoms with Crippen molar-refractivity contribution in [3.63, 3.8) is 0 Å². The molecule has 1 N–H and O–H groups in total. The Labute approximate surface area is 126 Å². The van der Waals surface area contributed by atoms with Crippen molar-refractivity contribution in [2.45, 2.75) is 0 Å². The van der Waals surface area contributed by atoms with Gasteiger partial charge in [-0.25, -0.2) is 0 Å². The second-order valence-electron chi connectivity index (χ2n) is 4.29. The lowest BCUT2D eigenvalue weighted by molar-refractivity contribution is -0.384. The number of hydrogen-bond donors (Lipinski definition) is 1. The predicted octanol–water partition coefficient (Wildman–Crippen LogP) is 3.23. The van der Waals surface area contributed by atoms with Gasteiger partial charge in [0.15, 0.2) is 0 Å². The molecule has 7 heteroatoms. The number of nitrogens with zero attached hydrogens (tertiary/aromatic N) is 2. The van der Waals surface area contributed by atoms with Crippen LogP contribution >= 0.6 is 0 Å². The molecule has 7 nitrogen and oxygen atoms in total. The minimum atomic E-state index is -0.545. The molecule has 112 valence electrons. The summed E-state index contributed by atoms with van der Waals surface area (Å²) in [5.74, 6) is 1.17. The molecule has 0 saturated heterocycles. The molecule has 0 bridgehead atoms. The van der Waals surface area contributed by atoms with Gasteiger partial charge >= 0.3 is 0 Å². The monoisotopic (exact) mass is 299 g/mol. The number of ether oxygens (including phenoxy) is 2. The Morgan fingerprint density at radius 2 is 1.91 bits per heavy atom. The third kappa shape index (κ3) is 3.07. The molecule has 0 heterocycles. The van der Waals surface area contributed by atoms with Gasteiger partial charge in [0, 0.05) is 18.2 Å². The van der Waals surface area contributed by atoms with Crippen molar-refractivity contribution >= 4 is 17.1 Å². The molecular formula is C15H13N3O4. The Morgan fingerprint density at radius 3 is 2.50 bits per heavy atom. The van der Waals surface area contributed by atoms with Crippen LogP contribution in [0.25, 0.3) is 0 Å². The zero-order valence-electron chi connectivity index (χ0n) is 12.0. The van der Waals surface area contributed by atoms with E-state index in [-0.39, 0.29) is 11.3 Å². The number of nitro benzene ring substituents is 1. The lowest BCUT2D eigenvalue weighted by Gasteiger charge is -2.13. The molecule has 0 saturated carbocycles. The van der Waals surface area contributed by atoms with Crippen LogP contribution in [0.2, 0.25) is 0 Å². The first-order valence-electron chi connectivity index (χ1n) is 6.26. The SMILES string of the molecule is COc1ccc(OC)c(Nc2ccc([N+](=O)[O-])cc2C#N)c1. The third-order valence-corrected chi connectivity index (χ3v) is 3.01. The van der Waals surface area contributed by atoms with E-state index >= 15 is 0 Å². The minimum absolute atomic E-state index is 0.139. The number of rotatable bonds is 5. The molecule has 0 amide bonds. The van der Waals surface area contributed by atoms with Crippen molar-refractivity contribution in [3.8, 4) is 17.6 Å². The average Bonchev–Trinajstić information content (AvgIpc) is 2.54. The molecule has 2 rings (SSSR count). The zero-order chi connectivity index (χ0) is 16.1. The molecule has 0 unspecified atom stereocenters. The van der Waals surface area contributed by atoms with Crippen LogP contribution in [0, 0.1) is 21.4 Å². The van der Waals surface area contributed by atoms with Crippen LogP contribution < -0.4 is 14.8 Å². The maximum Gasteiger partial charge on any atom is 0.270 e. The number of hydrogen-bond acceptors (Lipinski definition) is 6. The summed E-state index contributed by atoms with van der Waals surface area (Å²) < 4.78 is 10.4. The van der Waals surface area contributed by atoms with E-state index in [1.54, 1.807) is 18.2 Å². The van der Waals surface area contributed by atoms with Gasteiger partial charge in [-0.3, -0.25) is 10.1 Å². The van der Waals surface area contributed by atoms with Crippen LogP contribution in [-0.2, 0) is 0 Å². The Bertz CT molecular complexity index is 753. The number of anilines is 2. The largest absolute Gasteiger partial charge is 0.497 e. The summed E-state index contributed by atoms with van der Waals surface area (Å²) in [5.41, 5.74) is 1.06. The minimum Gasteiger partial charge on any atom is -0.497 e. The second-order valence-corrected chi connectivity index (χ2v) is 4.29. The molecule has 0 aliphatic heterocycles. The van der Waals surface area contributed by atoms with E-state index in [1.807, 2.05) is 6.07 Å². The lowest BCUT2D eigenvalue weighted by Crippen LogP contribution is -1.98. The van der Waals surface area contributed by atoms with Crippen molar-refractivity contribution < 1.29 is 14.4 Å². The summed E-state index contributed by atoms with van der Waals surface area (Å²) in [4.78, 5) is 10.2. The van der Waals surface area contributed by atoms with Crippen LogP contribution in [-0.4, -0.2) is 19.1 Å². The Balaban J connectivity index is 2.42. The van der Waals surface area contributed by atoms with Gasteiger partial charge in [-0.2, -0.15) is 5.26 Å². The summed E-state index contributed by atoms with van der Waals surface area (Å²) >= 11 is 0. The summed E-state index contributed by atoms with van der Waals surface area (Å²) in [6.07, 6.45) is 0. The molecule has 22 heavy (non-hydrogen) atoms. The molecule has 0 atom stereocenters. The molecule has 0 aromatic heterocycles. The fraction of sp³-hybridized carbons (Fsp3) is 0.133. The van der Waals surface area contributed by atoms with Crippen molar-refractivity contribution in [1.29, 1.82) is 5.26 Å². The van der Waals surface area contributed by atoms with E-state index in [0.29, 0.717) is 22.9 Å². The second kappa shape index (κ2) is 6.45. The van der Waals surface area contributed by atoms with Gasteiger partial charge in [0.1, 0.15) is 17.6 Å². The Morgan fingerprint density at radius 1 is 1.14 bits per heavy atom. The molecule has 0 aliphatic rings. The van der Waals surface area contributed by atoms with E-state index in [4.69, 9.17) is 14.7 Å². The van der Waals surface area contributed by atoms with Gasteiger partial charge in [-0.1, -0.05) is 0 Å². The predicted molar refractivity (Wildman–Crippen MR) is 80.6 cm³/mol. The summed E-state index contributed by atoms with van der Waals surface area (Å²) in [6.45, 7) is 0. The van der Waals surface area contributed by atoms with Gasteiger partial charge in [0.25, 0.3) is 5.69 Å². The topological polar surface area (TPSA) is 97.4 Å². The van der Waals surface area contributed by atoms with Gasteiger partial charge in [0.05, 0.1) is 36.1 Å². The van der Waals surface area contributed by atoms with Gasteiger partial charge in [0.2, 0.25) is 0 Å². The number of methoxy groups -OCH3 is 2. The number of nitrogens with one attached hydrogen (secondary N) is 1. The molecule has 0 radical (unpaired) electrons. The number of benzene rings is 2. The van der Waals surface area contributed by atoms with E-state index in [0.717, 1.165) is 0 Å². The maximum absolute atomic E-state index is 10.8. The quantitative estimate of drug-likeness (QED) is 0.672. The van der Waals surface area contributed by atoms with Crippen LogP contribution in [0.1, 0.15) is 5.56 Å². The standard InChI is InChI=1S/C15H13N3O4/c1-21-12-4-6-15(22-2)14(8-12)17-13-5-3-11(18(19)20)7-10(13)9-16/h3-8,17H,1-2H3.